The van der Waals surface area contributed by atoms with Gasteiger partial charge in [0.2, 0.25) is 0 Å². The second kappa shape index (κ2) is 6.13. The van der Waals surface area contributed by atoms with E-state index in [2.05, 4.69) is 0 Å². The number of rotatable bonds is 7. The van der Waals surface area contributed by atoms with E-state index in [1.165, 1.54) is 0 Å². The molecule has 2 atom stereocenters. The fraction of sp³-hybridized carbons (Fsp3) is 1.00. The van der Waals surface area contributed by atoms with Crippen LogP contribution in [0.25, 0.3) is 0 Å². The topological polar surface area (TPSA) is 34.1 Å². The molecule has 0 saturated heterocycles. The van der Waals surface area contributed by atoms with Crippen LogP contribution in [0.2, 0.25) is 0 Å². The maximum atomic E-state index is 11.9. The van der Waals surface area contributed by atoms with Crippen LogP contribution in [0, 0.1) is 0 Å². The van der Waals surface area contributed by atoms with E-state index in [0.29, 0.717) is 12.3 Å². The Morgan fingerprint density at radius 2 is 1.00 bits per heavy atom. The van der Waals surface area contributed by atoms with Gasteiger partial charge in [-0.3, -0.25) is 0 Å². The predicted octanol–water partition coefficient (Wildman–Crippen LogP) is 3.79. The summed E-state index contributed by atoms with van der Waals surface area (Å²) in [4.78, 5) is 0. The Kier molecular flexibility index (Phi) is 6.33. The molecule has 2 unspecified atom stereocenters. The van der Waals surface area contributed by atoms with Crippen molar-refractivity contribution in [3.8, 4) is 0 Å². The molecule has 14 heavy (non-hydrogen) atoms. The average Bonchev–Trinajstić information content (AvgIpc) is 2.01. The molecule has 0 aliphatic rings. The van der Waals surface area contributed by atoms with Gasteiger partial charge in [-0.2, -0.15) is 0 Å². The van der Waals surface area contributed by atoms with Gasteiger partial charge in [0, 0.05) is 24.6 Å². The van der Waals surface area contributed by atoms with Gasteiger partial charge in [-0.15, -0.1) is 0 Å². The minimum atomic E-state index is -1.98. The van der Waals surface area contributed by atoms with Crippen LogP contribution < -0.4 is 0 Å². The number of hydrogen-bond donors (Lipinski definition) is 0. The molecule has 0 rings (SSSR count). The zero-order chi connectivity index (χ0) is 11.2. The summed E-state index contributed by atoms with van der Waals surface area (Å²) < 4.78 is 23.9. The molecule has 0 radical (unpaired) electrons. The lowest BCUT2D eigenvalue weighted by Crippen LogP contribution is -2.01. The van der Waals surface area contributed by atoms with Crippen molar-refractivity contribution in [2.24, 2.45) is 0 Å². The van der Waals surface area contributed by atoms with Crippen molar-refractivity contribution in [2.45, 2.75) is 26.7 Å². The lowest BCUT2D eigenvalue weighted by molar-refractivity contribution is 0.571. The molecule has 0 aromatic heterocycles. The quantitative estimate of drug-likeness (QED) is 0.632. The van der Waals surface area contributed by atoms with Crippen LogP contribution in [0.4, 0.5) is 0 Å². The van der Waals surface area contributed by atoms with Crippen LogP contribution in [-0.2, 0) is 9.13 Å². The van der Waals surface area contributed by atoms with E-state index in [4.69, 9.17) is 0 Å². The summed E-state index contributed by atoms with van der Waals surface area (Å²) in [5.41, 5.74) is 0. The molecular formula is C10H24O2P2. The van der Waals surface area contributed by atoms with Crippen molar-refractivity contribution in [1.29, 1.82) is 0 Å². The smallest absolute Gasteiger partial charge is 0.0852 e. The molecule has 0 aliphatic carbocycles. The molecule has 0 aromatic rings. The summed E-state index contributed by atoms with van der Waals surface area (Å²) in [5.74, 6) is 0. The zero-order valence-corrected chi connectivity index (χ0v) is 11.7. The third-order valence-electron chi connectivity index (χ3n) is 2.44. The lowest BCUT2D eigenvalue weighted by atomic mass is 10.6. The second-order valence-electron chi connectivity index (χ2n) is 4.49. The van der Waals surface area contributed by atoms with E-state index >= 15 is 0 Å². The first-order valence-corrected chi connectivity index (χ1v) is 10.5. The minimum absolute atomic E-state index is 0.675. The SMILES string of the molecule is CCCP(C)(=O)CCP(C)(=O)CCC. The molecule has 0 saturated carbocycles. The van der Waals surface area contributed by atoms with Crippen LogP contribution in [0.1, 0.15) is 26.7 Å². The van der Waals surface area contributed by atoms with E-state index in [1.807, 2.05) is 27.2 Å². The van der Waals surface area contributed by atoms with Crippen molar-refractivity contribution >= 4 is 14.3 Å². The molecule has 0 bridgehead atoms. The Morgan fingerprint density at radius 3 is 1.21 bits per heavy atom. The van der Waals surface area contributed by atoms with Crippen molar-refractivity contribution in [2.75, 3.05) is 38.0 Å². The summed E-state index contributed by atoms with van der Waals surface area (Å²) in [6, 6.07) is 0. The van der Waals surface area contributed by atoms with Crippen LogP contribution in [0.15, 0.2) is 0 Å². The van der Waals surface area contributed by atoms with Crippen LogP contribution in [-0.4, -0.2) is 38.0 Å². The Morgan fingerprint density at radius 1 is 0.714 bits per heavy atom. The van der Waals surface area contributed by atoms with Gasteiger partial charge in [-0.05, 0) is 26.2 Å². The highest BCUT2D eigenvalue weighted by atomic mass is 31.2. The normalized spacial score (nSPS) is 20.0. The number of hydrogen-bond acceptors (Lipinski definition) is 2. The third kappa shape index (κ3) is 6.85. The van der Waals surface area contributed by atoms with Gasteiger partial charge < -0.3 is 9.13 Å². The predicted molar refractivity (Wildman–Crippen MR) is 67.1 cm³/mol. The molecule has 86 valence electrons. The summed E-state index contributed by atoms with van der Waals surface area (Å²) in [5, 5.41) is 0. The van der Waals surface area contributed by atoms with Crippen molar-refractivity contribution in [3.63, 3.8) is 0 Å². The summed E-state index contributed by atoms with van der Waals surface area (Å²) >= 11 is 0. The van der Waals surface area contributed by atoms with E-state index in [0.717, 1.165) is 25.2 Å². The van der Waals surface area contributed by atoms with Crippen molar-refractivity contribution in [1.82, 2.24) is 0 Å². The van der Waals surface area contributed by atoms with Gasteiger partial charge in [0.05, 0.1) is 14.3 Å². The highest BCUT2D eigenvalue weighted by Gasteiger charge is 2.20. The maximum absolute atomic E-state index is 11.9. The lowest BCUT2D eigenvalue weighted by Gasteiger charge is -2.16. The second-order valence-corrected chi connectivity index (χ2v) is 11.5. The highest BCUT2D eigenvalue weighted by molar-refractivity contribution is 7.67. The molecule has 0 heterocycles. The first-order chi connectivity index (χ1) is 6.33. The molecule has 0 N–H and O–H groups in total. The van der Waals surface area contributed by atoms with Gasteiger partial charge in [-0.1, -0.05) is 13.8 Å². The first-order valence-electron chi connectivity index (χ1n) is 5.44. The van der Waals surface area contributed by atoms with Gasteiger partial charge >= 0.3 is 0 Å². The molecular weight excluding hydrogens is 214 g/mol. The van der Waals surface area contributed by atoms with Crippen LogP contribution in [0.5, 0.6) is 0 Å². The Balaban J connectivity index is 4.04. The molecule has 2 nitrogen and oxygen atoms in total. The van der Waals surface area contributed by atoms with Gasteiger partial charge in [0.1, 0.15) is 0 Å². The van der Waals surface area contributed by atoms with Crippen LogP contribution >= 0.6 is 14.3 Å². The van der Waals surface area contributed by atoms with E-state index in [-0.39, 0.29) is 0 Å². The molecule has 0 spiro atoms. The molecule has 4 heteroatoms. The standard InChI is InChI=1S/C10H24O2P2/c1-5-7-13(3,11)9-10-14(4,12)8-6-2/h5-10H2,1-4H3. The van der Waals surface area contributed by atoms with Crippen molar-refractivity contribution < 1.29 is 9.13 Å². The molecule has 0 aliphatic heterocycles. The Hall–Kier alpha value is 0.460. The fourth-order valence-corrected chi connectivity index (χ4v) is 7.32. The maximum Gasteiger partial charge on any atom is 0.0852 e. The fourth-order valence-electron chi connectivity index (χ4n) is 1.59. The van der Waals surface area contributed by atoms with Gasteiger partial charge in [-0.25, -0.2) is 0 Å². The van der Waals surface area contributed by atoms with E-state index < -0.39 is 14.3 Å². The van der Waals surface area contributed by atoms with Gasteiger partial charge in [0.15, 0.2) is 0 Å². The Bertz CT molecular complexity index is 223. The van der Waals surface area contributed by atoms with Gasteiger partial charge in [0.25, 0.3) is 0 Å². The average molecular weight is 238 g/mol. The zero-order valence-electron chi connectivity index (χ0n) is 9.95. The summed E-state index contributed by atoms with van der Waals surface area (Å²) in [6.07, 6.45) is 4.90. The van der Waals surface area contributed by atoms with Crippen LogP contribution in [0.3, 0.4) is 0 Å². The Labute approximate surface area is 88.6 Å². The molecule has 0 fully saturated rings. The third-order valence-corrected chi connectivity index (χ3v) is 7.92. The highest BCUT2D eigenvalue weighted by Crippen LogP contribution is 2.49. The largest absolute Gasteiger partial charge is 0.324 e. The monoisotopic (exact) mass is 238 g/mol. The summed E-state index contributed by atoms with van der Waals surface area (Å²) in [7, 11) is -3.97. The first kappa shape index (κ1) is 14.5. The molecule has 0 amide bonds. The van der Waals surface area contributed by atoms with E-state index in [1.54, 1.807) is 0 Å². The summed E-state index contributed by atoms with van der Waals surface area (Å²) in [6.45, 7) is 7.80. The van der Waals surface area contributed by atoms with E-state index in [9.17, 15) is 9.13 Å². The minimum Gasteiger partial charge on any atom is -0.324 e. The molecule has 0 aromatic carbocycles. The van der Waals surface area contributed by atoms with Crippen molar-refractivity contribution in [3.05, 3.63) is 0 Å².